The zero-order valence-corrected chi connectivity index (χ0v) is 11.6. The van der Waals surface area contributed by atoms with Crippen LogP contribution in [0.4, 0.5) is 11.9 Å². The molecule has 1 aliphatic heterocycles. The summed E-state index contributed by atoms with van der Waals surface area (Å²) in [4.78, 5) is 29.6. The van der Waals surface area contributed by atoms with Gasteiger partial charge in [0.1, 0.15) is 6.33 Å². The fraction of sp³-hybridized carbons (Fsp3) is 0.417. The first kappa shape index (κ1) is 13.3. The molecule has 1 atom stereocenters. The Morgan fingerprint density at radius 2 is 2.24 bits per heavy atom. The Bertz CT molecular complexity index is 641. The number of nitrogens with one attached hydrogen (secondary N) is 1. The largest absolute Gasteiger partial charge is 0.368 e. The Morgan fingerprint density at radius 3 is 2.95 bits per heavy atom. The van der Waals surface area contributed by atoms with Gasteiger partial charge < -0.3 is 16.0 Å². The third-order valence-corrected chi connectivity index (χ3v) is 3.34. The first-order chi connectivity index (χ1) is 10.1. The molecule has 0 aliphatic carbocycles. The lowest BCUT2D eigenvalue weighted by atomic mass is 10.1. The van der Waals surface area contributed by atoms with Crippen molar-refractivity contribution in [1.82, 2.24) is 29.4 Å². The van der Waals surface area contributed by atoms with E-state index in [9.17, 15) is 4.79 Å². The number of likely N-dealkylation sites (tertiary alicyclic amines) is 1. The van der Waals surface area contributed by atoms with Crippen LogP contribution in [0.5, 0.6) is 0 Å². The minimum absolute atomic E-state index is 0.102. The van der Waals surface area contributed by atoms with E-state index in [1.54, 1.807) is 35.2 Å². The predicted molar refractivity (Wildman–Crippen MR) is 75.6 cm³/mol. The van der Waals surface area contributed by atoms with Crippen LogP contribution in [0.1, 0.15) is 12.8 Å². The van der Waals surface area contributed by atoms with Crippen molar-refractivity contribution >= 4 is 17.8 Å². The van der Waals surface area contributed by atoms with Crippen LogP contribution < -0.4 is 11.1 Å². The quantitative estimate of drug-likeness (QED) is 0.794. The molecule has 9 nitrogen and oxygen atoms in total. The second-order valence-corrected chi connectivity index (χ2v) is 4.94. The van der Waals surface area contributed by atoms with Crippen molar-refractivity contribution in [3.63, 3.8) is 0 Å². The van der Waals surface area contributed by atoms with Crippen molar-refractivity contribution in [3.05, 3.63) is 18.7 Å². The Labute approximate surface area is 121 Å². The summed E-state index contributed by atoms with van der Waals surface area (Å²) in [6.07, 6.45) is 6.21. The van der Waals surface area contributed by atoms with Crippen molar-refractivity contribution in [1.29, 1.82) is 0 Å². The monoisotopic (exact) mass is 288 g/mol. The molecule has 0 aromatic carbocycles. The lowest BCUT2D eigenvalue weighted by Gasteiger charge is -2.30. The maximum atomic E-state index is 11.5. The zero-order valence-electron chi connectivity index (χ0n) is 11.6. The van der Waals surface area contributed by atoms with E-state index < -0.39 is 0 Å². The highest BCUT2D eigenvalue weighted by Gasteiger charge is 2.23. The normalized spacial score (nSPS) is 18.8. The van der Waals surface area contributed by atoms with E-state index in [4.69, 9.17) is 5.73 Å². The minimum Gasteiger partial charge on any atom is -0.368 e. The fourth-order valence-corrected chi connectivity index (χ4v) is 2.25. The molecule has 0 bridgehead atoms. The molecule has 1 fully saturated rings. The number of hydrogen-bond acceptors (Lipinski definition) is 7. The van der Waals surface area contributed by atoms with Gasteiger partial charge in [0.05, 0.1) is 0 Å². The van der Waals surface area contributed by atoms with Gasteiger partial charge in [-0.1, -0.05) is 0 Å². The summed E-state index contributed by atoms with van der Waals surface area (Å²) in [6, 6.07) is 0.102. The molecule has 3 heterocycles. The van der Waals surface area contributed by atoms with Crippen LogP contribution in [0.25, 0.3) is 5.95 Å². The Kier molecular flexibility index (Phi) is 3.38. The number of carbonyl (C=O) groups excluding carboxylic acids is 1. The lowest BCUT2D eigenvalue weighted by Crippen LogP contribution is -2.43. The smallest absolute Gasteiger partial charge is 0.241 e. The molecule has 1 aliphatic rings. The number of nitrogen functional groups attached to an aromatic ring is 1. The third-order valence-electron chi connectivity index (χ3n) is 3.34. The average molecular weight is 288 g/mol. The van der Waals surface area contributed by atoms with Crippen molar-refractivity contribution < 1.29 is 4.79 Å². The second kappa shape index (κ2) is 5.35. The van der Waals surface area contributed by atoms with Crippen LogP contribution in [0.15, 0.2) is 18.7 Å². The van der Waals surface area contributed by atoms with E-state index in [1.165, 1.54) is 0 Å². The summed E-state index contributed by atoms with van der Waals surface area (Å²) >= 11 is 0. The van der Waals surface area contributed by atoms with Gasteiger partial charge in [0, 0.05) is 38.4 Å². The van der Waals surface area contributed by atoms with Gasteiger partial charge in [0.2, 0.25) is 23.8 Å². The molecule has 1 amide bonds. The van der Waals surface area contributed by atoms with Gasteiger partial charge in [0.25, 0.3) is 0 Å². The van der Waals surface area contributed by atoms with E-state index >= 15 is 0 Å². The summed E-state index contributed by atoms with van der Waals surface area (Å²) in [5.41, 5.74) is 5.72. The van der Waals surface area contributed by atoms with Gasteiger partial charge in [-0.15, -0.1) is 0 Å². The Balaban J connectivity index is 1.78. The first-order valence-electron chi connectivity index (χ1n) is 6.62. The number of hydrogen-bond donors (Lipinski definition) is 2. The van der Waals surface area contributed by atoms with Gasteiger partial charge >= 0.3 is 0 Å². The van der Waals surface area contributed by atoms with Crippen LogP contribution in [0, 0.1) is 0 Å². The molecule has 1 saturated heterocycles. The zero-order chi connectivity index (χ0) is 14.8. The number of likely N-dealkylation sites (N-methyl/N-ethyl adjacent to an activating group) is 1. The molecular formula is C12H16N8O. The topological polar surface area (TPSA) is 115 Å². The number of carbonyl (C=O) groups is 1. The van der Waals surface area contributed by atoms with Gasteiger partial charge in [-0.05, 0) is 6.42 Å². The van der Waals surface area contributed by atoms with Gasteiger partial charge in [-0.25, -0.2) is 4.98 Å². The Morgan fingerprint density at radius 1 is 1.38 bits per heavy atom. The van der Waals surface area contributed by atoms with E-state index in [0.717, 1.165) is 6.42 Å². The second-order valence-electron chi connectivity index (χ2n) is 4.94. The van der Waals surface area contributed by atoms with Crippen molar-refractivity contribution in [2.45, 2.75) is 18.9 Å². The molecular weight excluding hydrogens is 272 g/mol. The van der Waals surface area contributed by atoms with Crippen LogP contribution in [-0.2, 0) is 4.79 Å². The molecule has 0 radical (unpaired) electrons. The molecule has 110 valence electrons. The first-order valence-corrected chi connectivity index (χ1v) is 6.62. The van der Waals surface area contributed by atoms with Crippen LogP contribution >= 0.6 is 0 Å². The average Bonchev–Trinajstić information content (AvgIpc) is 2.96. The number of piperidine rings is 1. The van der Waals surface area contributed by atoms with Crippen molar-refractivity contribution in [2.75, 3.05) is 24.6 Å². The maximum absolute atomic E-state index is 11.5. The van der Waals surface area contributed by atoms with Crippen LogP contribution in [0.3, 0.4) is 0 Å². The van der Waals surface area contributed by atoms with Gasteiger partial charge in [-0.2, -0.15) is 15.0 Å². The molecule has 3 rings (SSSR count). The molecule has 3 N–H and O–H groups in total. The SMILES string of the molecule is CN1CC(Nc2nc(N)nc(-n3ccnc3)n2)CCC1=O. The van der Waals surface area contributed by atoms with E-state index in [2.05, 4.69) is 25.3 Å². The van der Waals surface area contributed by atoms with Crippen LogP contribution in [-0.4, -0.2) is 54.9 Å². The van der Waals surface area contributed by atoms with Crippen molar-refractivity contribution in [3.8, 4) is 5.95 Å². The maximum Gasteiger partial charge on any atom is 0.241 e. The van der Waals surface area contributed by atoms with Crippen LogP contribution in [0.2, 0.25) is 0 Å². The summed E-state index contributed by atoms with van der Waals surface area (Å²) in [5.74, 6) is 1.10. The fourth-order valence-electron chi connectivity index (χ4n) is 2.25. The Hall–Kier alpha value is -2.71. The highest BCUT2D eigenvalue weighted by Crippen LogP contribution is 2.14. The standard InChI is InChI=1S/C12H16N8O/c1-19-6-8(2-3-9(19)21)15-11-16-10(13)17-12(18-11)20-5-4-14-7-20/h4-5,7-8H,2-3,6H2,1H3,(H3,13,15,16,17,18). The molecule has 21 heavy (non-hydrogen) atoms. The van der Waals surface area contributed by atoms with E-state index in [-0.39, 0.29) is 17.9 Å². The molecule has 1 unspecified atom stereocenters. The van der Waals surface area contributed by atoms with E-state index in [1.807, 2.05) is 0 Å². The number of nitrogens with two attached hydrogens (primary N) is 1. The third kappa shape index (κ3) is 2.91. The van der Waals surface area contributed by atoms with E-state index in [0.29, 0.717) is 24.9 Å². The van der Waals surface area contributed by atoms with Gasteiger partial charge in [0.15, 0.2) is 0 Å². The summed E-state index contributed by atoms with van der Waals surface area (Å²) in [5, 5.41) is 3.21. The molecule has 2 aromatic rings. The number of nitrogens with zero attached hydrogens (tertiary/aromatic N) is 6. The predicted octanol–water partition coefficient (Wildman–Crippen LogP) is -0.328. The number of rotatable bonds is 3. The summed E-state index contributed by atoms with van der Waals surface area (Å²) in [6.45, 7) is 0.616. The van der Waals surface area contributed by atoms with Gasteiger partial charge in [-0.3, -0.25) is 9.36 Å². The number of imidazole rings is 1. The molecule has 0 spiro atoms. The minimum atomic E-state index is 0.102. The van der Waals surface area contributed by atoms with Crippen molar-refractivity contribution in [2.24, 2.45) is 0 Å². The molecule has 0 saturated carbocycles. The summed E-state index contributed by atoms with van der Waals surface area (Å²) < 4.78 is 1.65. The summed E-state index contributed by atoms with van der Waals surface area (Å²) in [7, 11) is 1.79. The lowest BCUT2D eigenvalue weighted by molar-refractivity contribution is -0.132. The molecule has 2 aromatic heterocycles. The highest BCUT2D eigenvalue weighted by molar-refractivity contribution is 5.76. The molecule has 9 heteroatoms. The highest BCUT2D eigenvalue weighted by atomic mass is 16.2. The number of anilines is 2. The number of aromatic nitrogens is 5. The number of amides is 1.